The van der Waals surface area contributed by atoms with E-state index in [1.807, 2.05) is 44.2 Å². The fraction of sp³-hybridized carbons (Fsp3) is 0.296. The van der Waals surface area contributed by atoms with Crippen molar-refractivity contribution >= 4 is 31.6 Å². The Labute approximate surface area is 205 Å². The Morgan fingerprint density at radius 2 is 2.09 bits per heavy atom. The summed E-state index contributed by atoms with van der Waals surface area (Å²) < 4.78 is 13.3. The molecule has 3 heterocycles. The van der Waals surface area contributed by atoms with Crippen LogP contribution in [0.5, 0.6) is 11.5 Å². The number of rotatable bonds is 6. The number of thiophene rings is 1. The summed E-state index contributed by atoms with van der Waals surface area (Å²) in [5.74, 6) is 2.75. The molecule has 6 rings (SSSR count). The molecule has 0 spiro atoms. The molecule has 0 bridgehead atoms. The predicted octanol–water partition coefficient (Wildman–Crippen LogP) is 6.03. The molecule has 0 radical (unpaired) electrons. The van der Waals surface area contributed by atoms with E-state index in [2.05, 4.69) is 4.98 Å². The van der Waals surface area contributed by atoms with Crippen LogP contribution in [-0.4, -0.2) is 26.8 Å². The number of methoxy groups -OCH3 is 1. The molecular formula is C27H25N3O4S. The molecule has 1 saturated carbocycles. The van der Waals surface area contributed by atoms with Gasteiger partial charge in [0.1, 0.15) is 27.9 Å². The van der Waals surface area contributed by atoms with Gasteiger partial charge in [0.15, 0.2) is 6.39 Å². The number of aromatic nitrogens is 3. The van der Waals surface area contributed by atoms with Crippen molar-refractivity contribution < 1.29 is 14.3 Å². The molecule has 0 unspecified atom stereocenters. The van der Waals surface area contributed by atoms with E-state index in [1.165, 1.54) is 17.7 Å². The minimum Gasteiger partial charge on any atom is -0.506 e. The molecule has 5 aromatic rings. The number of phenolic OH excluding ortho intramolecular Hbond substituents is 1. The van der Waals surface area contributed by atoms with E-state index >= 15 is 0 Å². The highest BCUT2D eigenvalue weighted by Gasteiger charge is 2.29. The van der Waals surface area contributed by atoms with E-state index in [0.29, 0.717) is 32.4 Å². The largest absolute Gasteiger partial charge is 0.506 e. The Hall–Kier alpha value is -3.65. The molecule has 1 N–H and O–H groups in total. The molecule has 1 aliphatic rings. The third-order valence-electron chi connectivity index (χ3n) is 6.70. The number of nitrogens with zero attached hydrogens (tertiary/aromatic N) is 3. The van der Waals surface area contributed by atoms with E-state index < -0.39 is 0 Å². The lowest BCUT2D eigenvalue weighted by Crippen LogP contribution is -2.24. The van der Waals surface area contributed by atoms with Crippen LogP contribution in [-0.2, 0) is 6.54 Å². The van der Waals surface area contributed by atoms with Gasteiger partial charge < -0.3 is 14.3 Å². The summed E-state index contributed by atoms with van der Waals surface area (Å²) in [6.45, 7) is 4.29. The summed E-state index contributed by atoms with van der Waals surface area (Å²) in [4.78, 5) is 23.7. The van der Waals surface area contributed by atoms with Crippen molar-refractivity contribution in [3.05, 3.63) is 70.2 Å². The summed E-state index contributed by atoms with van der Waals surface area (Å²) in [5, 5.41) is 12.2. The predicted molar refractivity (Wildman–Crippen MR) is 137 cm³/mol. The van der Waals surface area contributed by atoms with Crippen LogP contribution < -0.4 is 10.3 Å². The highest BCUT2D eigenvalue weighted by molar-refractivity contribution is 7.25. The van der Waals surface area contributed by atoms with Crippen molar-refractivity contribution in [1.82, 2.24) is 14.5 Å². The first-order valence-corrected chi connectivity index (χ1v) is 12.5. The van der Waals surface area contributed by atoms with Crippen molar-refractivity contribution in [2.24, 2.45) is 0 Å². The summed E-state index contributed by atoms with van der Waals surface area (Å²) in [5.41, 5.74) is 2.74. The van der Waals surface area contributed by atoms with Gasteiger partial charge in [-0.1, -0.05) is 26.0 Å². The topological polar surface area (TPSA) is 90.4 Å². The highest BCUT2D eigenvalue weighted by atomic mass is 32.1. The van der Waals surface area contributed by atoms with E-state index in [0.717, 1.165) is 40.7 Å². The van der Waals surface area contributed by atoms with Gasteiger partial charge in [-0.25, -0.2) is 9.97 Å². The van der Waals surface area contributed by atoms with Crippen molar-refractivity contribution in [3.63, 3.8) is 0 Å². The van der Waals surface area contributed by atoms with Crippen LogP contribution in [0, 0.1) is 0 Å². The van der Waals surface area contributed by atoms with Crippen LogP contribution in [0.3, 0.4) is 0 Å². The molecular weight excluding hydrogens is 462 g/mol. The van der Waals surface area contributed by atoms with E-state index in [4.69, 9.17) is 14.1 Å². The second-order valence-corrected chi connectivity index (χ2v) is 10.3. The SMILES string of the molecule is COc1ccc(-c2nc3sc4c(O)c(C(C)C)ccc4c3c(=O)n2Cc2cnco2)c(C2CC2)c1. The van der Waals surface area contributed by atoms with E-state index in [1.54, 1.807) is 17.9 Å². The van der Waals surface area contributed by atoms with Crippen molar-refractivity contribution in [1.29, 1.82) is 0 Å². The van der Waals surface area contributed by atoms with Gasteiger partial charge in [-0.05, 0) is 54.0 Å². The quantitative estimate of drug-likeness (QED) is 0.315. The molecule has 1 fully saturated rings. The number of oxazole rings is 1. The smallest absolute Gasteiger partial charge is 0.263 e. The highest BCUT2D eigenvalue weighted by Crippen LogP contribution is 2.46. The summed E-state index contributed by atoms with van der Waals surface area (Å²) >= 11 is 1.36. The zero-order chi connectivity index (χ0) is 24.3. The fourth-order valence-electron chi connectivity index (χ4n) is 4.72. The maximum Gasteiger partial charge on any atom is 0.263 e. The Morgan fingerprint density at radius 1 is 1.26 bits per heavy atom. The first kappa shape index (κ1) is 21.9. The van der Waals surface area contributed by atoms with E-state index in [-0.39, 0.29) is 23.8 Å². The Kier molecular flexibility index (Phi) is 5.14. The van der Waals surface area contributed by atoms with Crippen molar-refractivity contribution in [3.8, 4) is 22.9 Å². The molecule has 0 saturated heterocycles. The number of benzene rings is 2. The number of hydrogen-bond donors (Lipinski definition) is 1. The maximum atomic E-state index is 14.0. The number of hydrogen-bond acceptors (Lipinski definition) is 7. The molecule has 0 atom stereocenters. The normalized spacial score (nSPS) is 13.8. The van der Waals surface area contributed by atoms with Gasteiger partial charge in [-0.2, -0.15) is 0 Å². The number of ether oxygens (including phenoxy) is 1. The van der Waals surface area contributed by atoms with Crippen LogP contribution in [0.15, 0.2) is 52.1 Å². The lowest BCUT2D eigenvalue weighted by atomic mass is 10.0. The zero-order valence-corrected chi connectivity index (χ0v) is 20.6. The third kappa shape index (κ3) is 3.60. The second kappa shape index (κ2) is 8.23. The number of fused-ring (bicyclic) bond motifs is 3. The van der Waals surface area contributed by atoms with Crippen LogP contribution in [0.4, 0.5) is 0 Å². The van der Waals surface area contributed by atoms with Gasteiger partial charge in [0.25, 0.3) is 5.56 Å². The first-order chi connectivity index (χ1) is 17.0. The summed E-state index contributed by atoms with van der Waals surface area (Å²) in [6, 6.07) is 9.76. The fourth-order valence-corrected chi connectivity index (χ4v) is 5.84. The van der Waals surface area contributed by atoms with Crippen molar-refractivity contribution in [2.75, 3.05) is 7.11 Å². The van der Waals surface area contributed by atoms with Crippen LogP contribution >= 0.6 is 11.3 Å². The van der Waals surface area contributed by atoms with Gasteiger partial charge >= 0.3 is 0 Å². The molecule has 8 heteroatoms. The molecule has 35 heavy (non-hydrogen) atoms. The van der Waals surface area contributed by atoms with Crippen LogP contribution in [0.1, 0.15) is 55.4 Å². The lowest BCUT2D eigenvalue weighted by Gasteiger charge is -2.15. The van der Waals surface area contributed by atoms with E-state index in [9.17, 15) is 9.90 Å². The Morgan fingerprint density at radius 3 is 2.77 bits per heavy atom. The molecule has 7 nitrogen and oxygen atoms in total. The average molecular weight is 488 g/mol. The standard InChI is InChI=1S/C27H25N3O4S/c1-14(2)18-8-9-20-22-26(35-24(20)23(18)31)29-25(30(27(22)32)12-17-11-28-13-34-17)19-7-6-16(33-3)10-21(19)15-4-5-15/h6-11,13-15,31H,4-5,12H2,1-3H3. The monoisotopic (exact) mass is 487 g/mol. The lowest BCUT2D eigenvalue weighted by molar-refractivity contribution is 0.414. The molecule has 1 aliphatic carbocycles. The maximum absolute atomic E-state index is 14.0. The summed E-state index contributed by atoms with van der Waals surface area (Å²) in [6.07, 6.45) is 5.18. The molecule has 178 valence electrons. The van der Waals surface area contributed by atoms with Gasteiger partial charge in [0.2, 0.25) is 0 Å². The molecule has 2 aromatic carbocycles. The summed E-state index contributed by atoms with van der Waals surface area (Å²) in [7, 11) is 1.66. The zero-order valence-electron chi connectivity index (χ0n) is 19.7. The molecule has 3 aromatic heterocycles. The second-order valence-electron chi connectivity index (χ2n) is 9.34. The van der Waals surface area contributed by atoms with Gasteiger partial charge in [-0.15, -0.1) is 11.3 Å². The van der Waals surface area contributed by atoms with Gasteiger partial charge in [0, 0.05) is 10.9 Å². The van der Waals surface area contributed by atoms with Crippen molar-refractivity contribution in [2.45, 2.75) is 45.1 Å². The van der Waals surface area contributed by atoms with Crippen LogP contribution in [0.25, 0.3) is 31.7 Å². The average Bonchev–Trinajstić information content (AvgIpc) is 3.43. The molecule has 0 aliphatic heterocycles. The van der Waals surface area contributed by atoms with Gasteiger partial charge in [-0.3, -0.25) is 9.36 Å². The minimum atomic E-state index is -0.165. The Balaban J connectivity index is 1.66. The molecule has 0 amide bonds. The minimum absolute atomic E-state index is 0.164. The first-order valence-electron chi connectivity index (χ1n) is 11.7. The number of phenols is 1. The third-order valence-corrected chi connectivity index (χ3v) is 7.81. The Bertz CT molecular complexity index is 1630. The van der Waals surface area contributed by atoms with Gasteiger partial charge in [0.05, 0.1) is 29.9 Å². The number of aromatic hydroxyl groups is 1. The van der Waals surface area contributed by atoms with Crippen LogP contribution in [0.2, 0.25) is 0 Å².